The van der Waals surface area contributed by atoms with Crippen LogP contribution in [0.4, 0.5) is 5.82 Å². The van der Waals surface area contributed by atoms with Crippen LogP contribution in [0.25, 0.3) is 5.69 Å². The lowest BCUT2D eigenvalue weighted by Crippen LogP contribution is -2.23. The van der Waals surface area contributed by atoms with E-state index in [2.05, 4.69) is 33.0 Å². The van der Waals surface area contributed by atoms with Gasteiger partial charge in [-0.1, -0.05) is 24.3 Å². The fraction of sp³-hybridized carbons (Fsp3) is 0.0526. The summed E-state index contributed by atoms with van der Waals surface area (Å²) in [4.78, 5) is 24.3. The number of aromatic nitrogens is 2. The number of para-hydroxylation sites is 1. The van der Waals surface area contributed by atoms with Gasteiger partial charge in [-0.05, 0) is 52.9 Å². The maximum absolute atomic E-state index is 12.2. The number of hydrogen-bond acceptors (Lipinski definition) is 5. The molecule has 0 radical (unpaired) electrons. The Kier molecular flexibility index (Phi) is 5.83. The predicted octanol–water partition coefficient (Wildman–Crippen LogP) is 3.14. The van der Waals surface area contributed by atoms with Crippen molar-refractivity contribution < 1.29 is 14.3 Å². The molecule has 0 aliphatic carbocycles. The molecule has 0 unspecified atom stereocenters. The van der Waals surface area contributed by atoms with Gasteiger partial charge in [-0.25, -0.2) is 9.48 Å². The first-order valence-electron chi connectivity index (χ1n) is 7.84. The molecule has 7 nitrogen and oxygen atoms in total. The average molecular weight is 472 g/mol. The third-order valence-electron chi connectivity index (χ3n) is 3.54. The molecule has 0 aliphatic rings. The van der Waals surface area contributed by atoms with Crippen molar-refractivity contribution in [2.75, 3.05) is 11.9 Å². The number of carbonyl (C=O) groups is 2. The molecular formula is C19H13IN4O3. The zero-order valence-electron chi connectivity index (χ0n) is 13.9. The van der Waals surface area contributed by atoms with E-state index in [0.717, 1.165) is 3.57 Å². The van der Waals surface area contributed by atoms with Crippen molar-refractivity contribution in [2.24, 2.45) is 0 Å². The molecule has 134 valence electrons. The van der Waals surface area contributed by atoms with Crippen molar-refractivity contribution in [3.8, 4) is 11.8 Å². The van der Waals surface area contributed by atoms with E-state index in [-0.39, 0.29) is 11.4 Å². The molecule has 1 heterocycles. The van der Waals surface area contributed by atoms with Gasteiger partial charge in [-0.3, -0.25) is 4.79 Å². The minimum absolute atomic E-state index is 0.205. The van der Waals surface area contributed by atoms with Crippen molar-refractivity contribution in [1.82, 2.24) is 9.78 Å². The number of ether oxygens (including phenoxy) is 1. The van der Waals surface area contributed by atoms with Crippen LogP contribution >= 0.6 is 22.6 Å². The van der Waals surface area contributed by atoms with Crippen LogP contribution in [-0.2, 0) is 9.53 Å². The van der Waals surface area contributed by atoms with E-state index in [1.54, 1.807) is 30.3 Å². The Labute approximate surface area is 168 Å². The van der Waals surface area contributed by atoms with Crippen molar-refractivity contribution in [1.29, 1.82) is 5.26 Å². The molecule has 1 amide bonds. The highest BCUT2D eigenvalue weighted by Gasteiger charge is 2.16. The van der Waals surface area contributed by atoms with Crippen molar-refractivity contribution in [2.45, 2.75) is 0 Å². The molecule has 8 heteroatoms. The van der Waals surface area contributed by atoms with E-state index in [1.807, 2.05) is 30.3 Å². The summed E-state index contributed by atoms with van der Waals surface area (Å²) in [6, 6.07) is 17.9. The number of hydrogen-bond donors (Lipinski definition) is 1. The monoisotopic (exact) mass is 472 g/mol. The number of halogens is 1. The largest absolute Gasteiger partial charge is 0.452 e. The molecule has 1 N–H and O–H groups in total. The van der Waals surface area contributed by atoms with Crippen LogP contribution in [0, 0.1) is 14.9 Å². The van der Waals surface area contributed by atoms with E-state index in [9.17, 15) is 14.9 Å². The molecule has 1 aromatic heterocycles. The fourth-order valence-corrected chi connectivity index (χ4v) is 2.86. The summed E-state index contributed by atoms with van der Waals surface area (Å²) in [5.74, 6) is -0.942. The number of nitriles is 1. The smallest absolute Gasteiger partial charge is 0.338 e. The van der Waals surface area contributed by atoms with Crippen molar-refractivity contribution in [3.05, 3.63) is 75.5 Å². The summed E-state index contributed by atoms with van der Waals surface area (Å²) in [7, 11) is 0. The Morgan fingerprint density at radius 2 is 1.96 bits per heavy atom. The summed E-state index contributed by atoms with van der Waals surface area (Å²) in [6.45, 7) is -0.477. The van der Waals surface area contributed by atoms with Gasteiger partial charge < -0.3 is 10.1 Å². The molecule has 2 aromatic carbocycles. The van der Waals surface area contributed by atoms with Gasteiger partial charge >= 0.3 is 5.97 Å². The first kappa shape index (κ1) is 18.6. The number of rotatable bonds is 5. The van der Waals surface area contributed by atoms with Gasteiger partial charge in [0.05, 0.1) is 17.4 Å². The second-order valence-corrected chi connectivity index (χ2v) is 6.65. The number of benzene rings is 2. The van der Waals surface area contributed by atoms with E-state index in [4.69, 9.17) is 4.74 Å². The van der Waals surface area contributed by atoms with Crippen LogP contribution in [0.5, 0.6) is 0 Å². The average Bonchev–Trinajstić information content (AvgIpc) is 3.09. The fourth-order valence-electron chi connectivity index (χ4n) is 2.31. The molecule has 0 spiro atoms. The molecule has 0 bridgehead atoms. The zero-order valence-corrected chi connectivity index (χ0v) is 16.1. The Hall–Kier alpha value is -3.19. The Bertz CT molecular complexity index is 1020. The molecule has 0 saturated carbocycles. The van der Waals surface area contributed by atoms with Gasteiger partial charge in [-0.2, -0.15) is 10.4 Å². The maximum atomic E-state index is 12.2. The summed E-state index contributed by atoms with van der Waals surface area (Å²) >= 11 is 2.08. The zero-order chi connectivity index (χ0) is 19.2. The summed E-state index contributed by atoms with van der Waals surface area (Å²) in [6.07, 6.45) is 1.36. The topological polar surface area (TPSA) is 97.0 Å². The van der Waals surface area contributed by atoms with Crippen LogP contribution in [0.15, 0.2) is 60.8 Å². The van der Waals surface area contributed by atoms with Gasteiger partial charge in [0.25, 0.3) is 5.91 Å². The molecule has 0 saturated heterocycles. The van der Waals surface area contributed by atoms with Crippen LogP contribution in [0.2, 0.25) is 0 Å². The third kappa shape index (κ3) is 4.51. The van der Waals surface area contributed by atoms with Crippen LogP contribution in [0.3, 0.4) is 0 Å². The second-order valence-electron chi connectivity index (χ2n) is 5.40. The molecule has 3 aromatic rings. The minimum atomic E-state index is -0.597. The maximum Gasteiger partial charge on any atom is 0.338 e. The van der Waals surface area contributed by atoms with E-state index in [1.165, 1.54) is 10.9 Å². The molecule has 0 atom stereocenters. The van der Waals surface area contributed by atoms with Crippen LogP contribution in [-0.4, -0.2) is 28.3 Å². The first-order valence-corrected chi connectivity index (χ1v) is 8.92. The third-order valence-corrected chi connectivity index (χ3v) is 4.21. The van der Waals surface area contributed by atoms with E-state index < -0.39 is 18.5 Å². The quantitative estimate of drug-likeness (QED) is 0.455. The Morgan fingerprint density at radius 3 is 2.67 bits per heavy atom. The molecular weight excluding hydrogens is 459 g/mol. The summed E-state index contributed by atoms with van der Waals surface area (Å²) in [5, 5.41) is 16.0. The number of nitrogens with zero attached hydrogens (tertiary/aromatic N) is 3. The van der Waals surface area contributed by atoms with E-state index in [0.29, 0.717) is 11.3 Å². The lowest BCUT2D eigenvalue weighted by molar-refractivity contribution is -0.119. The summed E-state index contributed by atoms with van der Waals surface area (Å²) < 4.78 is 7.37. The van der Waals surface area contributed by atoms with Crippen molar-refractivity contribution in [3.63, 3.8) is 0 Å². The molecule has 3 rings (SSSR count). The van der Waals surface area contributed by atoms with Gasteiger partial charge in [0, 0.05) is 3.57 Å². The number of carbonyl (C=O) groups excluding carboxylic acids is 2. The molecule has 0 fully saturated rings. The van der Waals surface area contributed by atoms with Gasteiger partial charge in [0.2, 0.25) is 0 Å². The van der Waals surface area contributed by atoms with Crippen LogP contribution < -0.4 is 5.32 Å². The van der Waals surface area contributed by atoms with Gasteiger partial charge in [-0.15, -0.1) is 0 Å². The Morgan fingerprint density at radius 1 is 1.19 bits per heavy atom. The minimum Gasteiger partial charge on any atom is -0.452 e. The number of esters is 1. The molecule has 27 heavy (non-hydrogen) atoms. The lowest BCUT2D eigenvalue weighted by atomic mass is 10.2. The molecule has 0 aliphatic heterocycles. The van der Waals surface area contributed by atoms with Crippen molar-refractivity contribution >= 4 is 40.3 Å². The van der Waals surface area contributed by atoms with Gasteiger partial charge in [0.1, 0.15) is 11.6 Å². The SMILES string of the molecule is N#Cc1cnn(-c2ccccc2)c1NC(=O)COC(=O)c1cccc(I)c1. The van der Waals surface area contributed by atoms with E-state index >= 15 is 0 Å². The highest BCUT2D eigenvalue weighted by atomic mass is 127. The lowest BCUT2D eigenvalue weighted by Gasteiger charge is -2.10. The number of nitrogens with one attached hydrogen (secondary N) is 1. The predicted molar refractivity (Wildman–Crippen MR) is 106 cm³/mol. The van der Waals surface area contributed by atoms with Gasteiger partial charge in [0.15, 0.2) is 12.4 Å². The standard InChI is InChI=1S/C19H13IN4O3/c20-15-6-4-5-13(9-15)19(26)27-12-17(25)23-18-14(10-21)11-22-24(18)16-7-2-1-3-8-16/h1-9,11H,12H2,(H,23,25). The Balaban J connectivity index is 1.70. The number of amides is 1. The normalized spacial score (nSPS) is 10.1. The highest BCUT2D eigenvalue weighted by Crippen LogP contribution is 2.19. The summed E-state index contributed by atoms with van der Waals surface area (Å²) in [5.41, 5.74) is 1.25. The highest BCUT2D eigenvalue weighted by molar-refractivity contribution is 14.1. The number of anilines is 1. The van der Waals surface area contributed by atoms with Crippen LogP contribution in [0.1, 0.15) is 15.9 Å². The second kappa shape index (κ2) is 8.46. The first-order chi connectivity index (χ1) is 13.1.